The number of ether oxygens (including phenoxy) is 1. The van der Waals surface area contributed by atoms with Crippen molar-refractivity contribution >= 4 is 11.9 Å². The zero-order valence-electron chi connectivity index (χ0n) is 9.02. The lowest BCUT2D eigenvalue weighted by Crippen LogP contribution is -2.47. The fourth-order valence-corrected chi connectivity index (χ4v) is 1.60. The molecule has 2 atom stereocenters. The molecular formula is C10H17NO5. The summed E-state index contributed by atoms with van der Waals surface area (Å²) in [6, 6.07) is -1.04. The number of aliphatic hydroxyl groups excluding tert-OH is 1. The molecule has 0 radical (unpaired) electrons. The van der Waals surface area contributed by atoms with Gasteiger partial charge in [-0.15, -0.1) is 0 Å². The van der Waals surface area contributed by atoms with Crippen LogP contribution < -0.4 is 5.32 Å². The minimum Gasteiger partial charge on any atom is -0.480 e. The number of amides is 1. The molecule has 6 heteroatoms. The highest BCUT2D eigenvalue weighted by Gasteiger charge is 2.26. The second-order valence-electron chi connectivity index (χ2n) is 3.77. The molecule has 16 heavy (non-hydrogen) atoms. The molecule has 0 aliphatic carbocycles. The Morgan fingerprint density at radius 3 is 2.69 bits per heavy atom. The summed E-state index contributed by atoms with van der Waals surface area (Å²) >= 11 is 0. The van der Waals surface area contributed by atoms with Gasteiger partial charge in [-0.1, -0.05) is 0 Å². The second kappa shape index (κ2) is 6.44. The second-order valence-corrected chi connectivity index (χ2v) is 3.77. The van der Waals surface area contributed by atoms with Gasteiger partial charge in [-0.05, 0) is 19.3 Å². The summed E-state index contributed by atoms with van der Waals surface area (Å²) in [5.74, 6) is -1.54. The summed E-state index contributed by atoms with van der Waals surface area (Å²) < 4.78 is 5.23. The van der Waals surface area contributed by atoms with Crippen LogP contribution in [0.3, 0.4) is 0 Å². The van der Waals surface area contributed by atoms with E-state index in [0.717, 1.165) is 12.8 Å². The van der Waals surface area contributed by atoms with Crippen LogP contribution in [0.2, 0.25) is 0 Å². The van der Waals surface area contributed by atoms with Gasteiger partial charge in [-0.25, -0.2) is 4.79 Å². The molecule has 0 spiro atoms. The van der Waals surface area contributed by atoms with Gasteiger partial charge in [-0.2, -0.15) is 0 Å². The van der Waals surface area contributed by atoms with Gasteiger partial charge in [0, 0.05) is 19.6 Å². The maximum absolute atomic E-state index is 11.6. The smallest absolute Gasteiger partial charge is 0.326 e. The van der Waals surface area contributed by atoms with E-state index in [1.165, 1.54) is 0 Å². The standard InChI is InChI=1S/C10H17NO5/c12-5-4-7(10(14)15)11-9(13)8-3-1-2-6-16-8/h7-8,12H,1-6H2,(H,11,13)(H,14,15). The highest BCUT2D eigenvalue weighted by Crippen LogP contribution is 2.12. The maximum atomic E-state index is 11.6. The van der Waals surface area contributed by atoms with Gasteiger partial charge in [0.15, 0.2) is 0 Å². The Labute approximate surface area is 93.6 Å². The van der Waals surface area contributed by atoms with Crippen molar-refractivity contribution in [1.29, 1.82) is 0 Å². The molecule has 0 saturated carbocycles. The number of carboxylic acids is 1. The molecule has 1 heterocycles. The van der Waals surface area contributed by atoms with E-state index in [0.29, 0.717) is 13.0 Å². The Hall–Kier alpha value is -1.14. The van der Waals surface area contributed by atoms with Gasteiger partial charge in [0.1, 0.15) is 12.1 Å². The first-order valence-electron chi connectivity index (χ1n) is 5.40. The molecule has 1 aliphatic rings. The number of aliphatic carboxylic acids is 1. The lowest BCUT2D eigenvalue weighted by atomic mass is 10.1. The SMILES string of the molecule is O=C(O)C(CCO)NC(=O)C1CCCCO1. The number of carboxylic acid groups (broad SMARTS) is 1. The zero-order chi connectivity index (χ0) is 12.0. The molecule has 0 aromatic rings. The molecule has 1 saturated heterocycles. The predicted molar refractivity (Wildman–Crippen MR) is 54.9 cm³/mol. The van der Waals surface area contributed by atoms with Crippen molar-refractivity contribution in [2.75, 3.05) is 13.2 Å². The number of aliphatic hydroxyl groups is 1. The Morgan fingerprint density at radius 1 is 1.44 bits per heavy atom. The summed E-state index contributed by atoms with van der Waals surface area (Å²) in [4.78, 5) is 22.3. The number of carbonyl (C=O) groups is 2. The molecule has 1 amide bonds. The number of carbonyl (C=O) groups excluding carboxylic acids is 1. The van der Waals surface area contributed by atoms with Crippen molar-refractivity contribution < 1.29 is 24.5 Å². The molecule has 92 valence electrons. The normalized spacial score (nSPS) is 22.4. The third-order valence-electron chi connectivity index (χ3n) is 2.50. The van der Waals surface area contributed by atoms with Crippen LogP contribution >= 0.6 is 0 Å². The Kier molecular flexibility index (Phi) is 5.21. The zero-order valence-corrected chi connectivity index (χ0v) is 9.02. The van der Waals surface area contributed by atoms with Crippen molar-refractivity contribution in [3.63, 3.8) is 0 Å². The van der Waals surface area contributed by atoms with E-state index in [1.807, 2.05) is 0 Å². The minimum absolute atomic E-state index is 0.00773. The van der Waals surface area contributed by atoms with Crippen LogP contribution in [0, 0.1) is 0 Å². The molecule has 3 N–H and O–H groups in total. The lowest BCUT2D eigenvalue weighted by Gasteiger charge is -2.23. The fraction of sp³-hybridized carbons (Fsp3) is 0.800. The van der Waals surface area contributed by atoms with E-state index in [4.69, 9.17) is 14.9 Å². The first-order valence-corrected chi connectivity index (χ1v) is 5.40. The van der Waals surface area contributed by atoms with Crippen LogP contribution in [-0.2, 0) is 14.3 Å². The highest BCUT2D eigenvalue weighted by molar-refractivity contribution is 5.86. The van der Waals surface area contributed by atoms with Crippen LogP contribution in [0.1, 0.15) is 25.7 Å². The lowest BCUT2D eigenvalue weighted by molar-refractivity contribution is -0.145. The maximum Gasteiger partial charge on any atom is 0.326 e. The van der Waals surface area contributed by atoms with Crippen molar-refractivity contribution in [3.05, 3.63) is 0 Å². The number of hydrogen-bond acceptors (Lipinski definition) is 4. The van der Waals surface area contributed by atoms with E-state index >= 15 is 0 Å². The fourth-order valence-electron chi connectivity index (χ4n) is 1.60. The van der Waals surface area contributed by atoms with E-state index in [2.05, 4.69) is 5.32 Å². The molecule has 2 unspecified atom stereocenters. The Morgan fingerprint density at radius 2 is 2.19 bits per heavy atom. The van der Waals surface area contributed by atoms with Gasteiger partial charge in [-0.3, -0.25) is 4.79 Å². The first-order chi connectivity index (χ1) is 7.65. The van der Waals surface area contributed by atoms with Gasteiger partial charge in [0.25, 0.3) is 0 Å². The van der Waals surface area contributed by atoms with E-state index < -0.39 is 24.0 Å². The molecule has 0 aromatic carbocycles. The highest BCUT2D eigenvalue weighted by atomic mass is 16.5. The van der Waals surface area contributed by atoms with Crippen molar-refractivity contribution in [3.8, 4) is 0 Å². The average molecular weight is 231 g/mol. The molecule has 0 bridgehead atoms. The van der Waals surface area contributed by atoms with Crippen molar-refractivity contribution in [2.24, 2.45) is 0 Å². The van der Waals surface area contributed by atoms with Gasteiger partial charge in [0.05, 0.1) is 0 Å². The van der Waals surface area contributed by atoms with Crippen LogP contribution in [0.4, 0.5) is 0 Å². The Balaban J connectivity index is 2.43. The monoisotopic (exact) mass is 231 g/mol. The number of nitrogens with one attached hydrogen (secondary N) is 1. The van der Waals surface area contributed by atoms with E-state index in [-0.39, 0.29) is 13.0 Å². The van der Waals surface area contributed by atoms with Crippen LogP contribution in [0.5, 0.6) is 0 Å². The summed E-state index contributed by atoms with van der Waals surface area (Å²) in [5.41, 5.74) is 0. The molecule has 6 nitrogen and oxygen atoms in total. The van der Waals surface area contributed by atoms with Crippen LogP contribution in [0.15, 0.2) is 0 Å². The van der Waals surface area contributed by atoms with Crippen molar-refractivity contribution in [1.82, 2.24) is 5.32 Å². The van der Waals surface area contributed by atoms with Gasteiger partial charge < -0.3 is 20.3 Å². The van der Waals surface area contributed by atoms with Gasteiger partial charge >= 0.3 is 5.97 Å². The third-order valence-corrected chi connectivity index (χ3v) is 2.50. The largest absolute Gasteiger partial charge is 0.480 e. The summed E-state index contributed by atoms with van der Waals surface area (Å²) in [6.45, 7) is 0.262. The average Bonchev–Trinajstić information content (AvgIpc) is 2.29. The quantitative estimate of drug-likeness (QED) is 0.593. The van der Waals surface area contributed by atoms with Crippen molar-refractivity contribution in [2.45, 2.75) is 37.8 Å². The third kappa shape index (κ3) is 3.79. The van der Waals surface area contributed by atoms with Crippen LogP contribution in [-0.4, -0.2) is 47.4 Å². The van der Waals surface area contributed by atoms with Crippen LogP contribution in [0.25, 0.3) is 0 Å². The molecule has 1 aliphatic heterocycles. The molecular weight excluding hydrogens is 214 g/mol. The van der Waals surface area contributed by atoms with Gasteiger partial charge in [0.2, 0.25) is 5.91 Å². The summed E-state index contributed by atoms with van der Waals surface area (Å²) in [7, 11) is 0. The number of rotatable bonds is 5. The Bertz CT molecular complexity index is 250. The summed E-state index contributed by atoms with van der Waals surface area (Å²) in [6.07, 6.45) is 1.93. The predicted octanol–water partition coefficient (Wildman–Crippen LogP) is -0.493. The first kappa shape index (κ1) is 12.9. The topological polar surface area (TPSA) is 95.9 Å². The molecule has 1 fully saturated rings. The summed E-state index contributed by atoms with van der Waals surface area (Å²) in [5, 5.41) is 19.8. The number of hydrogen-bond donors (Lipinski definition) is 3. The molecule has 1 rings (SSSR count). The molecule has 0 aromatic heterocycles. The van der Waals surface area contributed by atoms with E-state index in [9.17, 15) is 9.59 Å². The minimum atomic E-state index is -1.14. The van der Waals surface area contributed by atoms with E-state index in [1.54, 1.807) is 0 Å².